The maximum atomic E-state index is 13.1. The summed E-state index contributed by atoms with van der Waals surface area (Å²) in [5, 5.41) is 3.13. The minimum Gasteiger partial charge on any atom is -0.321 e. The predicted octanol–water partition coefficient (Wildman–Crippen LogP) is 4.39. The average Bonchev–Trinajstić information content (AvgIpc) is 2.53. The molecular weight excluding hydrogens is 325 g/mol. The molecule has 0 unspecified atom stereocenters. The van der Waals surface area contributed by atoms with E-state index < -0.39 is 17.7 Å². The van der Waals surface area contributed by atoms with Gasteiger partial charge in [0.2, 0.25) is 5.91 Å². The maximum absolute atomic E-state index is 13.1. The fourth-order valence-corrected chi connectivity index (χ4v) is 2.19. The van der Waals surface area contributed by atoms with Gasteiger partial charge in [0.15, 0.2) is 0 Å². The van der Waals surface area contributed by atoms with Crippen molar-refractivity contribution in [2.45, 2.75) is 11.2 Å². The smallest absolute Gasteiger partial charge is 0.321 e. The van der Waals surface area contributed by atoms with E-state index in [0.717, 1.165) is 5.03 Å². The zero-order chi connectivity index (χ0) is 16.9. The fraction of sp³-hybridized carbons (Fsp3) is 0.125. The molecule has 3 nitrogen and oxygen atoms in total. The lowest BCUT2D eigenvalue weighted by molar-refractivity contribution is -0.112. The minimum absolute atomic E-state index is 0.0639. The lowest BCUT2D eigenvalue weighted by Crippen LogP contribution is -2.16. The third kappa shape index (κ3) is 4.85. The van der Waals surface area contributed by atoms with Gasteiger partial charge >= 0.3 is 6.18 Å². The zero-order valence-corrected chi connectivity index (χ0v) is 12.9. The molecular formula is C16H13F3N2OS. The summed E-state index contributed by atoms with van der Waals surface area (Å²) in [6.07, 6.45) is -0.830. The quantitative estimate of drug-likeness (QED) is 0.664. The van der Waals surface area contributed by atoms with Crippen LogP contribution in [-0.2, 0) is 4.79 Å². The van der Waals surface area contributed by atoms with E-state index in [1.54, 1.807) is 18.2 Å². The first-order chi connectivity index (χ1) is 10.9. The number of nitrogens with zero attached hydrogens (tertiary/aromatic N) is 1. The van der Waals surface area contributed by atoms with Crippen LogP contribution in [0.5, 0.6) is 0 Å². The number of pyridine rings is 1. The summed E-state index contributed by atoms with van der Waals surface area (Å²) in [5.41, 5.74) is -0.728. The number of allylic oxidation sites excluding steroid dienone is 1. The molecule has 0 aliphatic carbocycles. The summed E-state index contributed by atoms with van der Waals surface area (Å²) >= 11 is 1.42. The largest absolute Gasteiger partial charge is 0.417 e. The van der Waals surface area contributed by atoms with Gasteiger partial charge in [0.05, 0.1) is 22.5 Å². The van der Waals surface area contributed by atoms with Crippen LogP contribution in [0, 0.1) is 0 Å². The highest BCUT2D eigenvalue weighted by atomic mass is 32.2. The molecule has 1 aromatic carbocycles. The molecule has 2 rings (SSSR count). The molecule has 2 aromatic rings. The Balaban J connectivity index is 2.23. The van der Waals surface area contributed by atoms with Crippen LogP contribution in [-0.4, -0.2) is 23.3 Å². The summed E-state index contributed by atoms with van der Waals surface area (Å²) in [6.45, 7) is 0. The van der Waals surface area contributed by atoms with Crippen molar-refractivity contribution in [2.24, 2.45) is 0 Å². The zero-order valence-electron chi connectivity index (χ0n) is 12.1. The molecule has 0 spiro atoms. The molecule has 0 saturated carbocycles. The molecule has 1 N–H and O–H groups in total. The molecule has 1 aromatic heterocycles. The van der Waals surface area contributed by atoms with Crippen molar-refractivity contribution in [3.63, 3.8) is 0 Å². The van der Waals surface area contributed by atoms with Crippen LogP contribution in [0.2, 0.25) is 0 Å². The van der Waals surface area contributed by atoms with E-state index in [1.165, 1.54) is 42.2 Å². The highest BCUT2D eigenvalue weighted by molar-refractivity contribution is 7.98. The van der Waals surface area contributed by atoms with Gasteiger partial charge in [-0.1, -0.05) is 30.3 Å². The van der Waals surface area contributed by atoms with Gasteiger partial charge in [0.1, 0.15) is 0 Å². The molecule has 0 fully saturated rings. The Morgan fingerprint density at radius 2 is 1.87 bits per heavy atom. The van der Waals surface area contributed by atoms with Crippen molar-refractivity contribution in [2.75, 3.05) is 11.6 Å². The van der Waals surface area contributed by atoms with Gasteiger partial charge < -0.3 is 5.32 Å². The summed E-state index contributed by atoms with van der Waals surface area (Å²) in [6, 6.07) is 10.4. The van der Waals surface area contributed by atoms with Crippen LogP contribution < -0.4 is 5.32 Å². The number of aromatic nitrogens is 1. The SMILES string of the molecule is CSc1ccc(NC(=O)/C=C(/c2ccccc2)C(F)(F)F)cn1. The molecule has 0 aliphatic heterocycles. The Morgan fingerprint density at radius 3 is 2.39 bits per heavy atom. The van der Waals surface area contributed by atoms with Crippen LogP contribution in [0.25, 0.3) is 5.57 Å². The van der Waals surface area contributed by atoms with E-state index in [0.29, 0.717) is 11.8 Å². The van der Waals surface area contributed by atoms with Crippen molar-refractivity contribution in [1.29, 1.82) is 0 Å². The van der Waals surface area contributed by atoms with Gasteiger partial charge in [-0.15, -0.1) is 11.8 Å². The van der Waals surface area contributed by atoms with Gasteiger partial charge in [-0.3, -0.25) is 4.79 Å². The number of thioether (sulfide) groups is 1. The van der Waals surface area contributed by atoms with E-state index in [9.17, 15) is 18.0 Å². The molecule has 1 heterocycles. The highest BCUT2D eigenvalue weighted by Crippen LogP contribution is 2.33. The second-order valence-electron chi connectivity index (χ2n) is 4.50. The molecule has 0 atom stereocenters. The van der Waals surface area contributed by atoms with Crippen molar-refractivity contribution >= 4 is 28.9 Å². The number of nitrogens with one attached hydrogen (secondary N) is 1. The number of halogens is 3. The minimum atomic E-state index is -4.63. The van der Waals surface area contributed by atoms with E-state index in [4.69, 9.17) is 0 Å². The van der Waals surface area contributed by atoms with Crippen LogP contribution >= 0.6 is 11.8 Å². The second-order valence-corrected chi connectivity index (χ2v) is 5.33. The first kappa shape index (κ1) is 17.1. The van der Waals surface area contributed by atoms with Crippen molar-refractivity contribution in [3.8, 4) is 0 Å². The van der Waals surface area contributed by atoms with E-state index >= 15 is 0 Å². The predicted molar refractivity (Wildman–Crippen MR) is 85.1 cm³/mol. The fourth-order valence-electron chi connectivity index (χ4n) is 1.83. The number of benzene rings is 1. The van der Waals surface area contributed by atoms with Crippen molar-refractivity contribution in [1.82, 2.24) is 4.98 Å². The number of amides is 1. The molecule has 120 valence electrons. The summed E-state index contributed by atoms with van der Waals surface area (Å²) in [7, 11) is 0. The Hall–Kier alpha value is -2.28. The summed E-state index contributed by atoms with van der Waals surface area (Å²) in [5.74, 6) is -0.861. The molecule has 23 heavy (non-hydrogen) atoms. The second kappa shape index (κ2) is 7.32. The third-order valence-corrected chi connectivity index (χ3v) is 3.54. The summed E-state index contributed by atoms with van der Waals surface area (Å²) < 4.78 is 39.4. The Labute approximate surface area is 135 Å². The van der Waals surface area contributed by atoms with E-state index in [2.05, 4.69) is 10.3 Å². The number of rotatable bonds is 4. The van der Waals surface area contributed by atoms with E-state index in [-0.39, 0.29) is 5.56 Å². The standard InChI is InChI=1S/C16H13F3N2OS/c1-23-15-8-7-12(10-20-15)21-14(22)9-13(16(17,18)19)11-5-3-2-4-6-11/h2-10H,1H3,(H,21,22)/b13-9-. The number of hydrogen-bond acceptors (Lipinski definition) is 3. The van der Waals surface area contributed by atoms with E-state index in [1.807, 2.05) is 6.26 Å². The Kier molecular flexibility index (Phi) is 5.44. The molecule has 0 aliphatic rings. The monoisotopic (exact) mass is 338 g/mol. The highest BCUT2D eigenvalue weighted by Gasteiger charge is 2.35. The molecule has 0 saturated heterocycles. The number of anilines is 1. The number of carbonyl (C=O) groups excluding carboxylic acids is 1. The van der Waals surface area contributed by atoms with Gasteiger partial charge in [0, 0.05) is 6.08 Å². The van der Waals surface area contributed by atoms with Crippen LogP contribution in [0.15, 0.2) is 59.8 Å². The average molecular weight is 338 g/mol. The van der Waals surface area contributed by atoms with Crippen LogP contribution in [0.1, 0.15) is 5.56 Å². The van der Waals surface area contributed by atoms with Gasteiger partial charge in [0.25, 0.3) is 0 Å². The normalized spacial score (nSPS) is 12.1. The van der Waals surface area contributed by atoms with Crippen LogP contribution in [0.3, 0.4) is 0 Å². The van der Waals surface area contributed by atoms with Gasteiger partial charge in [-0.05, 0) is 24.0 Å². The van der Waals surface area contributed by atoms with Crippen molar-refractivity contribution < 1.29 is 18.0 Å². The lowest BCUT2D eigenvalue weighted by atomic mass is 10.1. The topological polar surface area (TPSA) is 42.0 Å². The molecule has 0 bridgehead atoms. The first-order valence-corrected chi connectivity index (χ1v) is 7.78. The third-order valence-electron chi connectivity index (χ3n) is 2.88. The Morgan fingerprint density at radius 1 is 1.17 bits per heavy atom. The number of alkyl halides is 3. The van der Waals surface area contributed by atoms with Crippen molar-refractivity contribution in [3.05, 3.63) is 60.3 Å². The maximum Gasteiger partial charge on any atom is 0.417 e. The molecule has 7 heteroatoms. The number of hydrogen-bond donors (Lipinski definition) is 1. The van der Waals surface area contributed by atoms with Crippen LogP contribution in [0.4, 0.5) is 18.9 Å². The van der Waals surface area contributed by atoms with Gasteiger partial charge in [-0.2, -0.15) is 13.2 Å². The summed E-state index contributed by atoms with van der Waals surface area (Å²) in [4.78, 5) is 15.9. The lowest BCUT2D eigenvalue weighted by Gasteiger charge is -2.12. The first-order valence-electron chi connectivity index (χ1n) is 6.55. The Bertz CT molecular complexity index is 698. The number of carbonyl (C=O) groups is 1. The van der Waals surface area contributed by atoms with Gasteiger partial charge in [-0.25, -0.2) is 4.98 Å². The molecule has 0 radical (unpaired) electrons. The molecule has 1 amide bonds.